The van der Waals surface area contributed by atoms with Gasteiger partial charge < -0.3 is 5.73 Å². The van der Waals surface area contributed by atoms with E-state index in [0.29, 0.717) is 21.3 Å². The van der Waals surface area contributed by atoms with Gasteiger partial charge in [-0.25, -0.2) is 0 Å². The molecule has 3 N–H and O–H groups in total. The minimum atomic E-state index is -0.605. The monoisotopic (exact) mass is 295 g/mol. The van der Waals surface area contributed by atoms with Crippen LogP contribution in [-0.2, 0) is 4.79 Å². The van der Waals surface area contributed by atoms with E-state index in [0.717, 1.165) is 5.71 Å². The third-order valence-electron chi connectivity index (χ3n) is 2.56. The average Bonchev–Trinajstić information content (AvgIpc) is 2.36. The highest BCUT2D eigenvalue weighted by Crippen LogP contribution is 2.29. The van der Waals surface area contributed by atoms with Gasteiger partial charge in [0.15, 0.2) is 0 Å². The molecule has 0 aliphatic carbocycles. The average molecular weight is 296 g/mol. The lowest BCUT2D eigenvalue weighted by Gasteiger charge is -2.14. The molecule has 19 heavy (non-hydrogen) atoms. The predicted molar refractivity (Wildman–Crippen MR) is 78.0 cm³/mol. The molecule has 0 bridgehead atoms. The number of carbonyl (C=O) groups is 1. The minimum absolute atomic E-state index is 0.250. The molecule has 6 heteroatoms. The van der Waals surface area contributed by atoms with Crippen molar-refractivity contribution >= 4 is 40.4 Å². The zero-order valence-corrected chi connectivity index (χ0v) is 11.6. The molecule has 4 nitrogen and oxygen atoms in total. The molecule has 1 heterocycles. The van der Waals surface area contributed by atoms with E-state index in [2.05, 4.69) is 10.5 Å². The van der Waals surface area contributed by atoms with E-state index in [1.54, 1.807) is 30.4 Å². The van der Waals surface area contributed by atoms with Crippen molar-refractivity contribution in [3.8, 4) is 0 Å². The number of nitrogens with zero attached hydrogens (tertiary/aromatic N) is 1. The van der Waals surface area contributed by atoms with Crippen LogP contribution in [0.25, 0.3) is 5.57 Å². The van der Waals surface area contributed by atoms with Crippen LogP contribution in [0.4, 0.5) is 0 Å². The molecule has 0 saturated heterocycles. The number of nitrogens with one attached hydrogen (secondary N) is 1. The van der Waals surface area contributed by atoms with Gasteiger partial charge in [0, 0.05) is 15.6 Å². The summed E-state index contributed by atoms with van der Waals surface area (Å²) in [7, 11) is 0. The van der Waals surface area contributed by atoms with Crippen LogP contribution in [0.5, 0.6) is 0 Å². The maximum Gasteiger partial charge on any atom is 0.251 e. The molecule has 0 atom stereocenters. The van der Waals surface area contributed by atoms with Crippen molar-refractivity contribution < 1.29 is 4.79 Å². The fraction of sp³-hybridized carbons (Fsp3) is 0.0769. The third-order valence-corrected chi connectivity index (χ3v) is 3.12. The highest BCUT2D eigenvalue weighted by atomic mass is 35.5. The van der Waals surface area contributed by atoms with Gasteiger partial charge in [0.05, 0.1) is 17.0 Å². The summed E-state index contributed by atoms with van der Waals surface area (Å²) in [4.78, 5) is 11.7. The van der Waals surface area contributed by atoms with Gasteiger partial charge in [0.25, 0.3) is 5.91 Å². The number of hydrazone groups is 1. The quantitative estimate of drug-likeness (QED) is 0.824. The van der Waals surface area contributed by atoms with Crippen LogP contribution in [0.15, 0.2) is 41.1 Å². The van der Waals surface area contributed by atoms with Gasteiger partial charge in [-0.1, -0.05) is 23.2 Å². The van der Waals surface area contributed by atoms with Crippen molar-refractivity contribution in [2.45, 2.75) is 6.92 Å². The summed E-state index contributed by atoms with van der Waals surface area (Å²) in [5, 5.41) is 4.90. The summed E-state index contributed by atoms with van der Waals surface area (Å²) in [6, 6.07) is 4.85. The molecule has 98 valence electrons. The lowest BCUT2D eigenvalue weighted by molar-refractivity contribution is -0.112. The van der Waals surface area contributed by atoms with E-state index >= 15 is 0 Å². The fourth-order valence-electron chi connectivity index (χ4n) is 1.67. The first-order chi connectivity index (χ1) is 8.99. The fourth-order valence-corrected chi connectivity index (χ4v) is 2.05. The smallest absolute Gasteiger partial charge is 0.251 e. The molecule has 0 radical (unpaired) electrons. The number of carbonyl (C=O) groups excluding carboxylic acids is 1. The summed E-state index contributed by atoms with van der Waals surface area (Å²) in [5.41, 5.74) is 10.2. The second kappa shape index (κ2) is 5.47. The number of hydrogen-bond acceptors (Lipinski definition) is 3. The lowest BCUT2D eigenvalue weighted by atomic mass is 10.0. The second-order valence-electron chi connectivity index (χ2n) is 3.98. The summed E-state index contributed by atoms with van der Waals surface area (Å²) in [6.45, 7) is 1.83. The molecule has 1 amide bonds. The Kier molecular flexibility index (Phi) is 3.93. The largest absolute Gasteiger partial charge is 0.366 e. The van der Waals surface area contributed by atoms with Crippen molar-refractivity contribution in [3.63, 3.8) is 0 Å². The number of hydrogen-bond donors (Lipinski definition) is 2. The maximum atomic E-state index is 11.7. The Hall–Kier alpha value is -1.78. The molecule has 0 saturated carbocycles. The number of allylic oxidation sites excluding steroid dienone is 2. The van der Waals surface area contributed by atoms with Crippen LogP contribution in [0.3, 0.4) is 0 Å². The predicted octanol–water partition coefficient (Wildman–Crippen LogP) is 2.73. The van der Waals surface area contributed by atoms with Crippen LogP contribution >= 0.6 is 23.2 Å². The normalized spacial score (nSPS) is 16.7. The number of benzene rings is 1. The van der Waals surface area contributed by atoms with Gasteiger partial charge >= 0.3 is 0 Å². The lowest BCUT2D eigenvalue weighted by Crippen LogP contribution is -2.21. The van der Waals surface area contributed by atoms with Crippen LogP contribution in [-0.4, -0.2) is 11.6 Å². The van der Waals surface area contributed by atoms with Crippen molar-refractivity contribution in [1.82, 2.24) is 5.43 Å². The van der Waals surface area contributed by atoms with E-state index in [1.165, 1.54) is 0 Å². The standard InChI is InChI=1S/C13H11Cl2N3O/c1-7-2-5-11(18-17-7)12(13(16)19)9-6-8(14)3-4-10(9)15/h2-6,18H,1H3,(H2,16,19)/b12-11-. The number of rotatable bonds is 2. The Morgan fingerprint density at radius 2 is 2.05 bits per heavy atom. The van der Waals surface area contributed by atoms with Crippen molar-refractivity contribution in [1.29, 1.82) is 0 Å². The van der Waals surface area contributed by atoms with Gasteiger partial charge in [0.2, 0.25) is 0 Å². The molecule has 0 aromatic heterocycles. The zero-order valence-electron chi connectivity index (χ0n) is 10.1. The number of nitrogens with two attached hydrogens (primary N) is 1. The number of primary amides is 1. The first kappa shape index (κ1) is 13.6. The first-order valence-electron chi connectivity index (χ1n) is 5.47. The third kappa shape index (κ3) is 2.97. The zero-order chi connectivity index (χ0) is 14.0. The van der Waals surface area contributed by atoms with E-state index in [-0.39, 0.29) is 5.57 Å². The van der Waals surface area contributed by atoms with Gasteiger partial charge in [-0.2, -0.15) is 5.10 Å². The molecular formula is C13H11Cl2N3O. The Labute approximate surface area is 120 Å². The van der Waals surface area contributed by atoms with Crippen LogP contribution < -0.4 is 11.2 Å². The number of halogens is 2. The van der Waals surface area contributed by atoms with Crippen LogP contribution in [0.2, 0.25) is 10.0 Å². The molecular weight excluding hydrogens is 285 g/mol. The van der Waals surface area contributed by atoms with E-state index in [9.17, 15) is 4.79 Å². The number of amides is 1. The molecule has 0 spiro atoms. The Morgan fingerprint density at radius 3 is 2.63 bits per heavy atom. The summed E-state index contributed by atoms with van der Waals surface area (Å²) in [6.07, 6.45) is 3.49. The summed E-state index contributed by atoms with van der Waals surface area (Å²) < 4.78 is 0. The molecule has 1 aromatic rings. The maximum absolute atomic E-state index is 11.7. The Bertz CT molecular complexity index is 633. The molecule has 2 rings (SSSR count). The SMILES string of the molecule is CC1=NN/C(=C(\C(N)=O)c2cc(Cl)ccc2Cl)C=C1. The summed E-state index contributed by atoms with van der Waals surface area (Å²) >= 11 is 12.0. The van der Waals surface area contributed by atoms with Crippen molar-refractivity contribution in [2.24, 2.45) is 10.8 Å². The van der Waals surface area contributed by atoms with Crippen molar-refractivity contribution in [2.75, 3.05) is 0 Å². The van der Waals surface area contributed by atoms with E-state index < -0.39 is 5.91 Å². The van der Waals surface area contributed by atoms with Gasteiger partial charge in [0.1, 0.15) is 0 Å². The van der Waals surface area contributed by atoms with Gasteiger partial charge in [-0.3, -0.25) is 10.2 Å². The van der Waals surface area contributed by atoms with Crippen LogP contribution in [0.1, 0.15) is 12.5 Å². The molecule has 1 aliphatic rings. The van der Waals surface area contributed by atoms with Gasteiger partial charge in [-0.15, -0.1) is 0 Å². The Morgan fingerprint density at radius 1 is 1.32 bits per heavy atom. The highest BCUT2D eigenvalue weighted by molar-refractivity contribution is 6.36. The van der Waals surface area contributed by atoms with Gasteiger partial charge in [-0.05, 0) is 37.3 Å². The Balaban J connectivity index is 2.59. The minimum Gasteiger partial charge on any atom is -0.366 e. The second-order valence-corrected chi connectivity index (χ2v) is 4.82. The molecule has 0 fully saturated rings. The first-order valence-corrected chi connectivity index (χ1v) is 6.22. The molecule has 1 aromatic carbocycles. The highest BCUT2D eigenvalue weighted by Gasteiger charge is 2.18. The molecule has 1 aliphatic heterocycles. The topological polar surface area (TPSA) is 67.5 Å². The summed E-state index contributed by atoms with van der Waals surface area (Å²) in [5.74, 6) is -0.605. The van der Waals surface area contributed by atoms with E-state index in [4.69, 9.17) is 28.9 Å². The van der Waals surface area contributed by atoms with Crippen LogP contribution in [0, 0.1) is 0 Å². The van der Waals surface area contributed by atoms with Crippen molar-refractivity contribution in [3.05, 3.63) is 51.7 Å². The van der Waals surface area contributed by atoms with E-state index in [1.807, 2.05) is 6.92 Å². The molecule has 0 unspecified atom stereocenters.